The van der Waals surface area contributed by atoms with Crippen LogP contribution in [-0.4, -0.2) is 10.7 Å². The molecule has 1 aliphatic rings. The summed E-state index contributed by atoms with van der Waals surface area (Å²) >= 11 is 6.18. The summed E-state index contributed by atoms with van der Waals surface area (Å²) in [5, 5.41) is 10.9. The molecule has 0 fully saturated rings. The minimum absolute atomic E-state index is 0.320. The van der Waals surface area contributed by atoms with E-state index >= 15 is 0 Å². The summed E-state index contributed by atoms with van der Waals surface area (Å²) in [6.07, 6.45) is 0.108. The molecule has 0 saturated heterocycles. The van der Waals surface area contributed by atoms with Crippen LogP contribution < -0.4 is 4.74 Å². The second-order valence-corrected chi connectivity index (χ2v) is 5.50. The number of hydrogen-bond donors (Lipinski definition) is 1. The topological polar surface area (TPSA) is 29.5 Å². The Bertz CT molecular complexity index is 438. The van der Waals surface area contributed by atoms with Gasteiger partial charge in [-0.2, -0.15) is 0 Å². The molecular formula is C13H17ClO2. The third-order valence-electron chi connectivity index (χ3n) is 3.10. The lowest BCUT2D eigenvalue weighted by Gasteiger charge is -2.36. The van der Waals surface area contributed by atoms with E-state index < -0.39 is 6.10 Å². The van der Waals surface area contributed by atoms with Gasteiger partial charge in [0.05, 0.1) is 6.10 Å². The Kier molecular flexibility index (Phi) is 2.67. The van der Waals surface area contributed by atoms with E-state index in [1.54, 1.807) is 0 Å². The normalized spacial score (nSPS) is 22.5. The van der Waals surface area contributed by atoms with Gasteiger partial charge >= 0.3 is 0 Å². The highest BCUT2D eigenvalue weighted by molar-refractivity contribution is 6.32. The van der Waals surface area contributed by atoms with Crippen molar-refractivity contribution in [2.24, 2.45) is 0 Å². The Morgan fingerprint density at radius 1 is 1.44 bits per heavy atom. The zero-order valence-corrected chi connectivity index (χ0v) is 10.9. The van der Waals surface area contributed by atoms with Crippen molar-refractivity contribution in [2.75, 3.05) is 0 Å². The number of ether oxygens (including phenoxy) is 1. The second kappa shape index (κ2) is 3.64. The molecule has 1 atom stereocenters. The third kappa shape index (κ3) is 1.80. The lowest BCUT2D eigenvalue weighted by atomic mass is 9.88. The Morgan fingerprint density at radius 2 is 2.06 bits per heavy atom. The highest BCUT2D eigenvalue weighted by Crippen LogP contribution is 2.44. The predicted octanol–water partition coefficient (Wildman–Crippen LogP) is 3.55. The van der Waals surface area contributed by atoms with Crippen LogP contribution in [0.1, 0.15) is 43.1 Å². The summed E-state index contributed by atoms with van der Waals surface area (Å²) in [6.45, 7) is 7.85. The summed E-state index contributed by atoms with van der Waals surface area (Å²) in [7, 11) is 0. The molecule has 1 unspecified atom stereocenters. The van der Waals surface area contributed by atoms with Crippen LogP contribution in [0.15, 0.2) is 6.07 Å². The smallest absolute Gasteiger partial charge is 0.126 e. The van der Waals surface area contributed by atoms with Crippen molar-refractivity contribution in [1.82, 2.24) is 0 Å². The third-order valence-corrected chi connectivity index (χ3v) is 3.68. The van der Waals surface area contributed by atoms with Crippen molar-refractivity contribution in [1.29, 1.82) is 0 Å². The molecule has 2 nitrogen and oxygen atoms in total. The molecule has 88 valence electrons. The van der Waals surface area contributed by atoms with E-state index in [1.165, 1.54) is 0 Å². The molecule has 0 aromatic heterocycles. The average molecular weight is 241 g/mol. The zero-order chi connectivity index (χ0) is 12.1. The average Bonchev–Trinajstić information content (AvgIpc) is 2.11. The van der Waals surface area contributed by atoms with Gasteiger partial charge in [-0.1, -0.05) is 11.6 Å². The molecule has 2 rings (SSSR count). The molecule has 0 radical (unpaired) electrons. The number of halogens is 1. The summed E-state index contributed by atoms with van der Waals surface area (Å²) < 4.78 is 5.89. The van der Waals surface area contributed by atoms with Crippen LogP contribution in [0.25, 0.3) is 0 Å². The van der Waals surface area contributed by atoms with E-state index in [4.69, 9.17) is 16.3 Å². The number of benzene rings is 1. The number of rotatable bonds is 0. The van der Waals surface area contributed by atoms with Crippen molar-refractivity contribution in [3.05, 3.63) is 27.8 Å². The van der Waals surface area contributed by atoms with Crippen LogP contribution >= 0.6 is 11.6 Å². The van der Waals surface area contributed by atoms with Gasteiger partial charge in [0.25, 0.3) is 0 Å². The molecule has 0 bridgehead atoms. The first-order valence-electron chi connectivity index (χ1n) is 5.48. The molecule has 1 aromatic carbocycles. The molecule has 16 heavy (non-hydrogen) atoms. The van der Waals surface area contributed by atoms with Gasteiger partial charge in [-0.3, -0.25) is 0 Å². The van der Waals surface area contributed by atoms with E-state index in [2.05, 4.69) is 0 Å². The Hall–Kier alpha value is -0.730. The minimum atomic E-state index is -0.489. The predicted molar refractivity (Wildman–Crippen MR) is 65.2 cm³/mol. The van der Waals surface area contributed by atoms with Crippen LogP contribution in [0.2, 0.25) is 5.02 Å². The molecule has 0 spiro atoms. The quantitative estimate of drug-likeness (QED) is 0.752. The molecule has 0 amide bonds. The van der Waals surface area contributed by atoms with E-state index in [0.29, 0.717) is 6.42 Å². The second-order valence-electron chi connectivity index (χ2n) is 5.13. The molecule has 0 aliphatic carbocycles. The number of fused-ring (bicyclic) bond motifs is 1. The maximum Gasteiger partial charge on any atom is 0.126 e. The van der Waals surface area contributed by atoms with Gasteiger partial charge in [-0.15, -0.1) is 0 Å². The Morgan fingerprint density at radius 3 is 2.69 bits per heavy atom. The van der Waals surface area contributed by atoms with Crippen LogP contribution in [0, 0.1) is 13.8 Å². The van der Waals surface area contributed by atoms with E-state index in [9.17, 15) is 5.11 Å². The van der Waals surface area contributed by atoms with Crippen LogP contribution in [-0.2, 0) is 0 Å². The number of aryl methyl sites for hydroxylation is 1. The van der Waals surface area contributed by atoms with Crippen molar-refractivity contribution in [3.8, 4) is 5.75 Å². The largest absolute Gasteiger partial charge is 0.487 e. The molecule has 1 N–H and O–H groups in total. The van der Waals surface area contributed by atoms with Gasteiger partial charge in [0.2, 0.25) is 0 Å². The van der Waals surface area contributed by atoms with Crippen LogP contribution in [0.5, 0.6) is 5.75 Å². The molecule has 3 heteroatoms. The first-order chi connectivity index (χ1) is 7.32. The molecule has 1 aromatic rings. The van der Waals surface area contributed by atoms with Crippen LogP contribution in [0.3, 0.4) is 0 Å². The van der Waals surface area contributed by atoms with Crippen molar-refractivity contribution in [2.45, 2.75) is 45.8 Å². The first kappa shape index (κ1) is 11.7. The fraction of sp³-hybridized carbons (Fsp3) is 0.538. The SMILES string of the molecule is Cc1cc2c(c(C)c1Cl)C(O)CC(C)(C)O2. The fourth-order valence-corrected chi connectivity index (χ4v) is 2.50. The van der Waals surface area contributed by atoms with E-state index in [-0.39, 0.29) is 5.60 Å². The summed E-state index contributed by atoms with van der Waals surface area (Å²) in [6, 6.07) is 1.91. The Labute approximate surface area is 101 Å². The molecule has 1 aliphatic heterocycles. The van der Waals surface area contributed by atoms with Gasteiger partial charge in [-0.05, 0) is 44.9 Å². The van der Waals surface area contributed by atoms with Crippen LogP contribution in [0.4, 0.5) is 0 Å². The fourth-order valence-electron chi connectivity index (χ4n) is 2.34. The lowest BCUT2D eigenvalue weighted by Crippen LogP contribution is -2.35. The zero-order valence-electron chi connectivity index (χ0n) is 10.1. The van der Waals surface area contributed by atoms with Crippen molar-refractivity contribution in [3.63, 3.8) is 0 Å². The minimum Gasteiger partial charge on any atom is -0.487 e. The highest BCUT2D eigenvalue weighted by Gasteiger charge is 2.34. The number of aliphatic hydroxyl groups is 1. The highest BCUT2D eigenvalue weighted by atomic mass is 35.5. The standard InChI is InChI=1S/C13H17ClO2/c1-7-5-10-11(8(2)12(7)14)9(15)6-13(3,4)16-10/h5,9,15H,6H2,1-4H3. The summed E-state index contributed by atoms with van der Waals surface area (Å²) in [5.74, 6) is 0.767. The molecule has 0 saturated carbocycles. The summed E-state index contributed by atoms with van der Waals surface area (Å²) in [4.78, 5) is 0. The lowest BCUT2D eigenvalue weighted by molar-refractivity contribution is 0.0111. The molecular weight excluding hydrogens is 224 g/mol. The summed E-state index contributed by atoms with van der Waals surface area (Å²) in [5.41, 5.74) is 2.44. The first-order valence-corrected chi connectivity index (χ1v) is 5.86. The molecule has 1 heterocycles. The van der Waals surface area contributed by atoms with Crippen molar-refractivity contribution < 1.29 is 9.84 Å². The van der Waals surface area contributed by atoms with Gasteiger partial charge in [0.15, 0.2) is 0 Å². The maximum atomic E-state index is 10.2. The van der Waals surface area contributed by atoms with Crippen molar-refractivity contribution >= 4 is 11.6 Å². The number of aliphatic hydroxyl groups excluding tert-OH is 1. The van der Waals surface area contributed by atoms with Gasteiger partial charge < -0.3 is 9.84 Å². The number of hydrogen-bond acceptors (Lipinski definition) is 2. The van der Waals surface area contributed by atoms with E-state index in [0.717, 1.165) is 27.5 Å². The Balaban J connectivity index is 2.61. The maximum absolute atomic E-state index is 10.2. The van der Waals surface area contributed by atoms with Gasteiger partial charge in [0.1, 0.15) is 11.4 Å². The van der Waals surface area contributed by atoms with E-state index in [1.807, 2.05) is 33.8 Å². The van der Waals surface area contributed by atoms with Gasteiger partial charge in [0, 0.05) is 17.0 Å². The monoisotopic (exact) mass is 240 g/mol. The van der Waals surface area contributed by atoms with Gasteiger partial charge in [-0.25, -0.2) is 0 Å².